The third-order valence-electron chi connectivity index (χ3n) is 4.14. The van der Waals surface area contributed by atoms with Crippen LogP contribution in [0.5, 0.6) is 0 Å². The summed E-state index contributed by atoms with van der Waals surface area (Å²) in [5.41, 5.74) is 2.43. The lowest BCUT2D eigenvalue weighted by Gasteiger charge is -2.11. The molecule has 148 valence electrons. The molecule has 0 aliphatic rings. The second-order valence-corrected chi connectivity index (χ2v) is 6.53. The van der Waals surface area contributed by atoms with E-state index in [1.807, 2.05) is 24.3 Å². The number of esters is 1. The first-order valence-electron chi connectivity index (χ1n) is 8.78. The highest BCUT2D eigenvalue weighted by atomic mass is 35.5. The van der Waals surface area contributed by atoms with Crippen molar-refractivity contribution in [2.75, 3.05) is 20.2 Å². The fourth-order valence-corrected chi connectivity index (χ4v) is 2.77. The van der Waals surface area contributed by atoms with E-state index in [4.69, 9.17) is 16.3 Å². The first-order chi connectivity index (χ1) is 14.0. The summed E-state index contributed by atoms with van der Waals surface area (Å²) < 4.78 is 4.78. The number of fused-ring (bicyclic) bond motifs is 1. The second kappa shape index (κ2) is 9.16. The summed E-state index contributed by atoms with van der Waals surface area (Å²) in [4.78, 5) is 40.2. The molecule has 0 fully saturated rings. The van der Waals surface area contributed by atoms with Gasteiger partial charge in [-0.3, -0.25) is 14.4 Å². The Hall–Kier alpha value is -3.45. The van der Waals surface area contributed by atoms with Crippen molar-refractivity contribution in [3.8, 4) is 11.3 Å². The predicted octanol–water partition coefficient (Wildman–Crippen LogP) is 2.57. The Morgan fingerprint density at radius 2 is 1.79 bits per heavy atom. The van der Waals surface area contributed by atoms with Gasteiger partial charge in [0.1, 0.15) is 6.54 Å². The van der Waals surface area contributed by atoms with E-state index in [1.54, 1.807) is 30.3 Å². The first kappa shape index (κ1) is 20.3. The molecule has 0 radical (unpaired) electrons. The number of aromatic nitrogens is 1. The molecule has 1 aromatic heterocycles. The van der Waals surface area contributed by atoms with Crippen molar-refractivity contribution in [2.24, 2.45) is 0 Å². The van der Waals surface area contributed by atoms with E-state index in [1.165, 1.54) is 7.05 Å². The van der Waals surface area contributed by atoms with Crippen LogP contribution in [0, 0.1) is 0 Å². The molecule has 2 aromatic carbocycles. The van der Waals surface area contributed by atoms with Crippen molar-refractivity contribution >= 4 is 40.3 Å². The van der Waals surface area contributed by atoms with Crippen molar-refractivity contribution in [3.05, 3.63) is 65.2 Å². The molecule has 0 bridgehead atoms. The van der Waals surface area contributed by atoms with Crippen LogP contribution in [0.25, 0.3) is 22.2 Å². The average Bonchev–Trinajstić information content (AvgIpc) is 2.75. The number of para-hydroxylation sites is 1. The number of likely N-dealkylation sites (N-methyl/N-ethyl adjacent to an activating group) is 1. The zero-order valence-corrected chi connectivity index (χ0v) is 16.3. The zero-order chi connectivity index (χ0) is 20.8. The summed E-state index contributed by atoms with van der Waals surface area (Å²) in [6.07, 6.45) is 0. The van der Waals surface area contributed by atoms with Crippen LogP contribution in [0.15, 0.2) is 54.6 Å². The van der Waals surface area contributed by atoms with Crippen LogP contribution in [0.3, 0.4) is 0 Å². The second-order valence-electron chi connectivity index (χ2n) is 6.10. The molecule has 29 heavy (non-hydrogen) atoms. The van der Waals surface area contributed by atoms with E-state index in [0.717, 1.165) is 5.56 Å². The molecule has 2 amide bonds. The van der Waals surface area contributed by atoms with Gasteiger partial charge in [-0.1, -0.05) is 41.9 Å². The minimum Gasteiger partial charge on any atom is -0.454 e. The van der Waals surface area contributed by atoms with E-state index in [2.05, 4.69) is 15.6 Å². The number of hydrogen-bond donors (Lipinski definition) is 2. The van der Waals surface area contributed by atoms with Crippen molar-refractivity contribution < 1.29 is 19.1 Å². The topological polar surface area (TPSA) is 97.4 Å². The van der Waals surface area contributed by atoms with Crippen LogP contribution in [-0.4, -0.2) is 43.0 Å². The van der Waals surface area contributed by atoms with Gasteiger partial charge < -0.3 is 15.4 Å². The highest BCUT2D eigenvalue weighted by molar-refractivity contribution is 6.30. The summed E-state index contributed by atoms with van der Waals surface area (Å²) in [5.74, 6) is -1.59. The first-order valence-corrected chi connectivity index (χ1v) is 9.16. The van der Waals surface area contributed by atoms with Crippen LogP contribution in [0.2, 0.25) is 5.02 Å². The fourth-order valence-electron chi connectivity index (χ4n) is 2.65. The van der Waals surface area contributed by atoms with Gasteiger partial charge >= 0.3 is 5.97 Å². The molecule has 3 rings (SSSR count). The van der Waals surface area contributed by atoms with E-state index in [-0.39, 0.29) is 6.54 Å². The Morgan fingerprint density at radius 3 is 2.52 bits per heavy atom. The third kappa shape index (κ3) is 5.08. The van der Waals surface area contributed by atoms with Crippen molar-refractivity contribution in [1.82, 2.24) is 15.6 Å². The summed E-state index contributed by atoms with van der Waals surface area (Å²) in [6.45, 7) is -0.757. The van der Waals surface area contributed by atoms with Crippen LogP contribution >= 0.6 is 11.6 Å². The number of nitrogens with zero attached hydrogens (tertiary/aromatic N) is 1. The molecule has 0 saturated carbocycles. The summed E-state index contributed by atoms with van der Waals surface area (Å²) in [5, 5.41) is 6.12. The van der Waals surface area contributed by atoms with E-state index in [9.17, 15) is 14.4 Å². The summed E-state index contributed by atoms with van der Waals surface area (Å²) in [7, 11) is 1.44. The molecule has 7 nitrogen and oxygen atoms in total. The Morgan fingerprint density at radius 1 is 1.07 bits per heavy atom. The highest BCUT2D eigenvalue weighted by Gasteiger charge is 2.15. The summed E-state index contributed by atoms with van der Waals surface area (Å²) >= 11 is 5.95. The van der Waals surface area contributed by atoms with Crippen molar-refractivity contribution in [3.63, 3.8) is 0 Å². The van der Waals surface area contributed by atoms with Gasteiger partial charge in [0.05, 0.1) is 16.8 Å². The molecular formula is C21H18ClN3O4. The number of carbonyl (C=O) groups is 3. The number of ether oxygens (including phenoxy) is 1. The third-order valence-corrected chi connectivity index (χ3v) is 4.39. The summed E-state index contributed by atoms with van der Waals surface area (Å²) in [6, 6.07) is 16.0. The zero-order valence-electron chi connectivity index (χ0n) is 15.6. The number of pyridine rings is 1. The maximum atomic E-state index is 12.7. The number of carbonyl (C=O) groups excluding carboxylic acids is 3. The smallest absolute Gasteiger partial charge is 0.325 e. The maximum absolute atomic E-state index is 12.7. The minimum absolute atomic E-state index is 0.358. The highest BCUT2D eigenvalue weighted by Crippen LogP contribution is 2.25. The van der Waals surface area contributed by atoms with Gasteiger partial charge in [-0.15, -0.1) is 0 Å². The molecule has 8 heteroatoms. The quantitative estimate of drug-likeness (QED) is 0.607. The monoisotopic (exact) mass is 411 g/mol. The molecule has 0 atom stereocenters. The predicted molar refractivity (Wildman–Crippen MR) is 110 cm³/mol. The lowest BCUT2D eigenvalue weighted by atomic mass is 10.0. The molecule has 0 spiro atoms. The lowest BCUT2D eigenvalue weighted by Crippen LogP contribution is -2.33. The molecule has 0 unspecified atom stereocenters. The van der Waals surface area contributed by atoms with Gasteiger partial charge in [0.15, 0.2) is 6.61 Å². The maximum Gasteiger partial charge on any atom is 0.325 e. The number of halogens is 1. The van der Waals surface area contributed by atoms with E-state index < -0.39 is 24.4 Å². The molecule has 0 aliphatic carbocycles. The Kier molecular flexibility index (Phi) is 6.41. The van der Waals surface area contributed by atoms with Gasteiger partial charge in [-0.25, -0.2) is 4.98 Å². The van der Waals surface area contributed by atoms with Gasteiger partial charge in [-0.05, 0) is 24.3 Å². The largest absolute Gasteiger partial charge is 0.454 e. The number of amides is 2. The Balaban J connectivity index is 1.83. The molecule has 0 saturated heterocycles. The van der Waals surface area contributed by atoms with Gasteiger partial charge in [-0.2, -0.15) is 0 Å². The standard InChI is InChI=1S/C21H18ClN3O4/c1-23-19(26)12-29-20(27)11-24-21(28)16-10-18(13-6-8-14(22)9-7-13)25-17-5-3-2-4-15(16)17/h2-10H,11-12H2,1H3,(H,23,26)(H,24,28). The Labute approximate surface area is 172 Å². The van der Waals surface area contributed by atoms with E-state index >= 15 is 0 Å². The van der Waals surface area contributed by atoms with Crippen LogP contribution in [0.4, 0.5) is 0 Å². The number of hydrogen-bond acceptors (Lipinski definition) is 5. The molecule has 2 N–H and O–H groups in total. The molecule has 1 heterocycles. The van der Waals surface area contributed by atoms with Gasteiger partial charge in [0, 0.05) is 23.0 Å². The van der Waals surface area contributed by atoms with Crippen molar-refractivity contribution in [2.45, 2.75) is 0 Å². The van der Waals surface area contributed by atoms with Crippen LogP contribution < -0.4 is 10.6 Å². The molecule has 0 aliphatic heterocycles. The van der Waals surface area contributed by atoms with Crippen LogP contribution in [0.1, 0.15) is 10.4 Å². The minimum atomic E-state index is -0.710. The van der Waals surface area contributed by atoms with Gasteiger partial charge in [0.2, 0.25) is 0 Å². The Bertz CT molecular complexity index is 1070. The average molecular weight is 412 g/mol. The van der Waals surface area contributed by atoms with Crippen LogP contribution in [-0.2, 0) is 14.3 Å². The molecule has 3 aromatic rings. The normalized spacial score (nSPS) is 10.4. The van der Waals surface area contributed by atoms with Gasteiger partial charge in [0.25, 0.3) is 11.8 Å². The lowest BCUT2D eigenvalue weighted by molar-refractivity contribution is -0.147. The molecular weight excluding hydrogens is 394 g/mol. The number of benzene rings is 2. The fraction of sp³-hybridized carbons (Fsp3) is 0.143. The number of rotatable bonds is 6. The number of nitrogens with one attached hydrogen (secondary N) is 2. The van der Waals surface area contributed by atoms with E-state index in [0.29, 0.717) is 27.2 Å². The van der Waals surface area contributed by atoms with Crippen molar-refractivity contribution in [1.29, 1.82) is 0 Å². The SMILES string of the molecule is CNC(=O)COC(=O)CNC(=O)c1cc(-c2ccc(Cl)cc2)nc2ccccc12.